The van der Waals surface area contributed by atoms with E-state index in [4.69, 9.17) is 16.0 Å². The Bertz CT molecular complexity index is 922. The Morgan fingerprint density at radius 3 is 2.73 bits per heavy atom. The lowest BCUT2D eigenvalue weighted by molar-refractivity contribution is -0.384. The predicted octanol–water partition coefficient (Wildman–Crippen LogP) is 4.39. The first-order valence-electron chi connectivity index (χ1n) is 6.00. The fourth-order valence-electron chi connectivity index (χ4n) is 2.01. The third-order valence-corrected chi connectivity index (χ3v) is 3.84. The number of nitrogens with zero attached hydrogens (tertiary/aromatic N) is 2. The van der Waals surface area contributed by atoms with E-state index in [1.807, 2.05) is 18.2 Å². The molecule has 0 N–H and O–H groups in total. The minimum atomic E-state index is -0.834. The molecule has 0 saturated heterocycles. The highest BCUT2D eigenvalue weighted by molar-refractivity contribution is 14.1. The molecule has 8 heteroatoms. The molecule has 0 unspecified atom stereocenters. The third kappa shape index (κ3) is 2.69. The first-order chi connectivity index (χ1) is 10.5. The summed E-state index contributed by atoms with van der Waals surface area (Å²) in [5.41, 5.74) is 0.722. The second kappa shape index (κ2) is 5.65. The van der Waals surface area contributed by atoms with Crippen LogP contribution in [0.5, 0.6) is 0 Å². The van der Waals surface area contributed by atoms with Crippen LogP contribution in [0.4, 0.5) is 5.69 Å². The van der Waals surface area contributed by atoms with Gasteiger partial charge in [-0.05, 0) is 52.4 Å². The van der Waals surface area contributed by atoms with Crippen LogP contribution in [0, 0.1) is 13.7 Å². The van der Waals surface area contributed by atoms with E-state index in [1.54, 1.807) is 6.07 Å². The highest BCUT2D eigenvalue weighted by Crippen LogP contribution is 2.31. The van der Waals surface area contributed by atoms with E-state index in [0.717, 1.165) is 9.64 Å². The van der Waals surface area contributed by atoms with E-state index in [2.05, 4.69) is 27.6 Å². The maximum absolute atomic E-state index is 11.5. The highest BCUT2D eigenvalue weighted by Gasteiger charge is 2.21. The van der Waals surface area contributed by atoms with Crippen molar-refractivity contribution in [1.29, 1.82) is 0 Å². The van der Waals surface area contributed by atoms with Crippen LogP contribution in [0.2, 0.25) is 0 Å². The summed E-state index contributed by atoms with van der Waals surface area (Å²) < 4.78 is 6.58. The van der Waals surface area contributed by atoms with Gasteiger partial charge in [0.2, 0.25) is 5.89 Å². The zero-order valence-electron chi connectivity index (χ0n) is 10.7. The molecule has 0 saturated carbocycles. The number of rotatable bonds is 3. The molecule has 0 bridgehead atoms. The number of nitro benzene ring substituents is 1. The number of hydrogen-bond acceptors (Lipinski definition) is 5. The zero-order chi connectivity index (χ0) is 15.9. The van der Waals surface area contributed by atoms with Crippen molar-refractivity contribution >= 4 is 56.2 Å². The number of non-ortho nitro benzene ring substituents is 1. The average molecular weight is 429 g/mol. The van der Waals surface area contributed by atoms with E-state index in [9.17, 15) is 14.9 Å². The van der Waals surface area contributed by atoms with E-state index in [-0.39, 0.29) is 28.2 Å². The second-order valence-electron chi connectivity index (χ2n) is 4.40. The number of benzene rings is 2. The Kier molecular flexibility index (Phi) is 3.83. The first kappa shape index (κ1) is 14.9. The molecule has 0 fully saturated rings. The Morgan fingerprint density at radius 1 is 1.32 bits per heavy atom. The van der Waals surface area contributed by atoms with Crippen molar-refractivity contribution < 1.29 is 14.1 Å². The number of aromatic nitrogens is 1. The van der Waals surface area contributed by atoms with Crippen LogP contribution >= 0.6 is 34.2 Å². The van der Waals surface area contributed by atoms with Crippen LogP contribution in [-0.2, 0) is 0 Å². The summed E-state index contributed by atoms with van der Waals surface area (Å²) in [4.78, 5) is 26.0. The van der Waals surface area contributed by atoms with Gasteiger partial charge in [0.1, 0.15) is 5.52 Å². The molecule has 0 radical (unpaired) electrons. The minimum Gasteiger partial charge on any atom is -0.435 e. The molecule has 3 rings (SSSR count). The van der Waals surface area contributed by atoms with Gasteiger partial charge in [-0.1, -0.05) is 6.07 Å². The quantitative estimate of drug-likeness (QED) is 0.267. The van der Waals surface area contributed by atoms with Gasteiger partial charge in [0.05, 0.1) is 10.5 Å². The van der Waals surface area contributed by atoms with Crippen LogP contribution in [0.3, 0.4) is 0 Å². The fourth-order valence-corrected chi connectivity index (χ4v) is 2.70. The van der Waals surface area contributed by atoms with Crippen molar-refractivity contribution in [3.8, 4) is 11.5 Å². The molecule has 1 heterocycles. The zero-order valence-corrected chi connectivity index (χ0v) is 13.7. The Labute approximate surface area is 142 Å². The van der Waals surface area contributed by atoms with Gasteiger partial charge in [-0.3, -0.25) is 14.9 Å². The van der Waals surface area contributed by atoms with Gasteiger partial charge in [0.15, 0.2) is 5.58 Å². The summed E-state index contributed by atoms with van der Waals surface area (Å²) in [6.07, 6.45) is 0. The van der Waals surface area contributed by atoms with Crippen LogP contribution in [0.1, 0.15) is 10.4 Å². The SMILES string of the molecule is O=C(Cl)c1cc([N+](=O)[O-])cc2nc(-c3cccc(I)c3)oc12. The summed E-state index contributed by atoms with van der Waals surface area (Å²) in [5.74, 6) is 0.271. The summed E-state index contributed by atoms with van der Waals surface area (Å²) in [6.45, 7) is 0. The van der Waals surface area contributed by atoms with E-state index < -0.39 is 10.2 Å². The van der Waals surface area contributed by atoms with Crippen molar-refractivity contribution in [2.75, 3.05) is 0 Å². The molecule has 0 spiro atoms. The maximum Gasteiger partial charge on any atom is 0.272 e. The molecule has 0 atom stereocenters. The van der Waals surface area contributed by atoms with Crippen molar-refractivity contribution in [2.45, 2.75) is 0 Å². The van der Waals surface area contributed by atoms with Crippen LogP contribution in [0.25, 0.3) is 22.6 Å². The van der Waals surface area contributed by atoms with Gasteiger partial charge in [-0.25, -0.2) is 4.98 Å². The third-order valence-electron chi connectivity index (χ3n) is 2.97. The molecule has 1 aromatic heterocycles. The smallest absolute Gasteiger partial charge is 0.272 e. The molecule has 22 heavy (non-hydrogen) atoms. The lowest BCUT2D eigenvalue weighted by Gasteiger charge is -1.96. The monoisotopic (exact) mass is 428 g/mol. The van der Waals surface area contributed by atoms with Gasteiger partial charge in [-0.2, -0.15) is 0 Å². The average Bonchev–Trinajstić information content (AvgIpc) is 2.89. The number of nitro groups is 1. The lowest BCUT2D eigenvalue weighted by Crippen LogP contribution is -1.94. The molecule has 0 aliphatic rings. The Morgan fingerprint density at radius 2 is 2.09 bits per heavy atom. The van der Waals surface area contributed by atoms with Gasteiger partial charge in [0.25, 0.3) is 10.9 Å². The molecule has 2 aromatic carbocycles. The molecule has 6 nitrogen and oxygen atoms in total. The van der Waals surface area contributed by atoms with E-state index in [1.165, 1.54) is 6.07 Å². The molecule has 0 aliphatic carbocycles. The second-order valence-corrected chi connectivity index (χ2v) is 5.99. The van der Waals surface area contributed by atoms with Crippen LogP contribution < -0.4 is 0 Å². The molecule has 110 valence electrons. The van der Waals surface area contributed by atoms with Crippen LogP contribution in [-0.4, -0.2) is 15.1 Å². The predicted molar refractivity (Wildman–Crippen MR) is 89.0 cm³/mol. The number of carbonyl (C=O) groups excluding carboxylic acids is 1. The summed E-state index contributed by atoms with van der Waals surface area (Å²) in [7, 11) is 0. The van der Waals surface area contributed by atoms with E-state index in [0.29, 0.717) is 5.56 Å². The number of fused-ring (bicyclic) bond motifs is 1. The number of hydrogen-bond donors (Lipinski definition) is 0. The highest BCUT2D eigenvalue weighted by atomic mass is 127. The summed E-state index contributed by atoms with van der Waals surface area (Å²) in [5, 5.41) is 10.1. The van der Waals surface area contributed by atoms with Gasteiger partial charge in [0, 0.05) is 21.3 Å². The van der Waals surface area contributed by atoms with Gasteiger partial charge in [-0.15, -0.1) is 0 Å². The largest absolute Gasteiger partial charge is 0.435 e. The molecule has 3 aromatic rings. The fraction of sp³-hybridized carbons (Fsp3) is 0. The standard InChI is InChI=1S/C14H6ClIN2O4/c15-13(19)10-5-9(18(20)21)6-11-12(10)22-14(17-11)7-2-1-3-8(16)4-7/h1-6H. The molecule has 0 amide bonds. The van der Waals surface area contributed by atoms with E-state index >= 15 is 0 Å². The molecule has 0 aliphatic heterocycles. The minimum absolute atomic E-state index is 0.0738. The summed E-state index contributed by atoms with van der Waals surface area (Å²) >= 11 is 7.64. The van der Waals surface area contributed by atoms with Crippen molar-refractivity contribution in [2.24, 2.45) is 0 Å². The molecular formula is C14H6ClIN2O4. The van der Waals surface area contributed by atoms with Crippen molar-refractivity contribution in [1.82, 2.24) is 4.98 Å². The first-order valence-corrected chi connectivity index (χ1v) is 7.46. The Hall–Kier alpha value is -2.00. The lowest BCUT2D eigenvalue weighted by atomic mass is 10.2. The van der Waals surface area contributed by atoms with Crippen molar-refractivity contribution in [3.05, 3.63) is 55.6 Å². The number of halogens is 2. The van der Waals surface area contributed by atoms with Crippen molar-refractivity contribution in [3.63, 3.8) is 0 Å². The summed E-state index contributed by atoms with van der Waals surface area (Å²) in [6, 6.07) is 9.72. The van der Waals surface area contributed by atoms with Gasteiger partial charge < -0.3 is 4.42 Å². The van der Waals surface area contributed by atoms with Crippen LogP contribution in [0.15, 0.2) is 40.8 Å². The molecular weight excluding hydrogens is 423 g/mol. The van der Waals surface area contributed by atoms with Gasteiger partial charge >= 0.3 is 0 Å². The topological polar surface area (TPSA) is 86.2 Å². The number of carbonyl (C=O) groups is 1. The maximum atomic E-state index is 11.5. The Balaban J connectivity index is 2.26. The normalized spacial score (nSPS) is 10.8. The number of oxazole rings is 1.